The quantitative estimate of drug-likeness (QED) is 0.698. The van der Waals surface area contributed by atoms with Gasteiger partial charge in [-0.1, -0.05) is 30.3 Å². The van der Waals surface area contributed by atoms with E-state index in [1.54, 1.807) is 0 Å². The Labute approximate surface area is 135 Å². The summed E-state index contributed by atoms with van der Waals surface area (Å²) in [7, 11) is -0.895. The second kappa shape index (κ2) is 9.29. The standard InChI is InChI=1S/C14H21N2O6P/c1-11(13(17)15-10-23(19,20-2)21-3)16-14(18)22-9-12-7-5-4-6-8-12/h4-8,11H,9-10H2,1-3H3,(H,15,17)(H,16,18)/t11-/m0/s1. The molecule has 0 bridgehead atoms. The fourth-order valence-corrected chi connectivity index (χ4v) is 2.30. The van der Waals surface area contributed by atoms with Crippen LogP contribution in [-0.4, -0.2) is 38.5 Å². The third-order valence-electron chi connectivity index (χ3n) is 2.94. The Hall–Kier alpha value is -1.89. The van der Waals surface area contributed by atoms with Crippen molar-refractivity contribution in [2.75, 3.05) is 20.5 Å². The lowest BCUT2D eigenvalue weighted by Gasteiger charge is -2.17. The smallest absolute Gasteiger partial charge is 0.408 e. The Bertz CT molecular complexity index is 558. The Morgan fingerprint density at radius 2 is 1.78 bits per heavy atom. The molecule has 0 unspecified atom stereocenters. The first-order valence-electron chi connectivity index (χ1n) is 6.85. The average molecular weight is 344 g/mol. The topological polar surface area (TPSA) is 103 Å². The SMILES string of the molecule is COP(=O)(CNC(=O)[C@H](C)NC(=O)OCc1ccccc1)OC. The minimum atomic E-state index is -3.34. The maximum Gasteiger partial charge on any atom is 0.408 e. The van der Waals surface area contributed by atoms with Gasteiger partial charge in [0.05, 0.1) is 0 Å². The van der Waals surface area contributed by atoms with Crippen LogP contribution in [0.3, 0.4) is 0 Å². The summed E-state index contributed by atoms with van der Waals surface area (Å²) in [6.07, 6.45) is -1.01. The molecule has 2 amide bonds. The van der Waals surface area contributed by atoms with Crippen LogP contribution in [0.4, 0.5) is 4.79 Å². The number of carbonyl (C=O) groups is 2. The molecular weight excluding hydrogens is 323 g/mol. The van der Waals surface area contributed by atoms with Crippen LogP contribution < -0.4 is 10.6 Å². The highest BCUT2D eigenvalue weighted by atomic mass is 31.2. The van der Waals surface area contributed by atoms with E-state index in [2.05, 4.69) is 10.6 Å². The summed E-state index contributed by atoms with van der Waals surface area (Å²) >= 11 is 0. The van der Waals surface area contributed by atoms with E-state index in [9.17, 15) is 14.2 Å². The van der Waals surface area contributed by atoms with Crippen LogP contribution in [0.1, 0.15) is 12.5 Å². The van der Waals surface area contributed by atoms with Gasteiger partial charge in [-0.3, -0.25) is 9.36 Å². The highest BCUT2D eigenvalue weighted by Crippen LogP contribution is 2.44. The van der Waals surface area contributed by atoms with E-state index in [-0.39, 0.29) is 12.9 Å². The molecule has 1 aromatic rings. The Morgan fingerprint density at radius 3 is 2.35 bits per heavy atom. The van der Waals surface area contributed by atoms with Crippen LogP contribution in [0.25, 0.3) is 0 Å². The summed E-state index contributed by atoms with van der Waals surface area (Å²) in [5.41, 5.74) is 0.834. The summed E-state index contributed by atoms with van der Waals surface area (Å²) in [4.78, 5) is 23.4. The number of benzene rings is 1. The predicted octanol–water partition coefficient (Wildman–Crippen LogP) is 1.86. The number of alkyl carbamates (subject to hydrolysis) is 1. The van der Waals surface area contributed by atoms with Gasteiger partial charge in [-0.2, -0.15) is 0 Å². The van der Waals surface area contributed by atoms with Crippen LogP contribution in [0.15, 0.2) is 30.3 Å². The molecule has 0 aliphatic heterocycles. The molecule has 0 fully saturated rings. The fourth-order valence-electron chi connectivity index (χ4n) is 1.54. The largest absolute Gasteiger partial charge is 0.445 e. The van der Waals surface area contributed by atoms with Gasteiger partial charge in [0.15, 0.2) is 0 Å². The summed E-state index contributed by atoms with van der Waals surface area (Å²) < 4.78 is 26.2. The Balaban J connectivity index is 2.36. The van der Waals surface area contributed by atoms with Crippen molar-refractivity contribution in [2.45, 2.75) is 19.6 Å². The van der Waals surface area contributed by atoms with E-state index >= 15 is 0 Å². The number of amides is 2. The van der Waals surface area contributed by atoms with Gasteiger partial charge in [-0.15, -0.1) is 0 Å². The van der Waals surface area contributed by atoms with Crippen molar-refractivity contribution in [2.24, 2.45) is 0 Å². The van der Waals surface area contributed by atoms with Gasteiger partial charge in [-0.25, -0.2) is 4.79 Å². The number of nitrogens with one attached hydrogen (secondary N) is 2. The number of ether oxygens (including phenoxy) is 1. The lowest BCUT2D eigenvalue weighted by atomic mass is 10.2. The molecule has 0 saturated heterocycles. The molecule has 1 atom stereocenters. The summed E-state index contributed by atoms with van der Waals surface area (Å²) in [6.45, 7) is 1.58. The molecule has 0 heterocycles. The van der Waals surface area contributed by atoms with Crippen LogP contribution >= 0.6 is 7.60 Å². The molecule has 0 aliphatic carbocycles. The molecule has 0 radical (unpaired) electrons. The van der Waals surface area contributed by atoms with Crippen molar-refractivity contribution < 1.29 is 27.9 Å². The normalized spacial score (nSPS) is 12.3. The van der Waals surface area contributed by atoms with Crippen molar-refractivity contribution in [3.8, 4) is 0 Å². The zero-order valence-electron chi connectivity index (χ0n) is 13.3. The first-order chi connectivity index (χ1) is 10.9. The zero-order valence-corrected chi connectivity index (χ0v) is 14.2. The summed E-state index contributed by atoms with van der Waals surface area (Å²) in [5, 5.41) is 4.76. The van der Waals surface area contributed by atoms with Crippen LogP contribution in [0.2, 0.25) is 0 Å². The van der Waals surface area contributed by atoms with Gasteiger partial charge < -0.3 is 24.4 Å². The summed E-state index contributed by atoms with van der Waals surface area (Å²) in [5.74, 6) is -0.531. The molecule has 128 valence electrons. The van der Waals surface area contributed by atoms with Gasteiger partial charge in [0, 0.05) is 14.2 Å². The maximum atomic E-state index is 11.8. The second-order valence-electron chi connectivity index (χ2n) is 4.60. The molecular formula is C14H21N2O6P. The fraction of sp³-hybridized carbons (Fsp3) is 0.429. The molecule has 2 N–H and O–H groups in total. The lowest BCUT2D eigenvalue weighted by Crippen LogP contribution is -2.45. The molecule has 9 heteroatoms. The van der Waals surface area contributed by atoms with Crippen LogP contribution in [-0.2, 0) is 29.8 Å². The molecule has 0 aromatic heterocycles. The number of hydrogen-bond acceptors (Lipinski definition) is 6. The highest BCUT2D eigenvalue weighted by molar-refractivity contribution is 7.53. The van der Waals surface area contributed by atoms with Gasteiger partial charge in [0.2, 0.25) is 5.91 Å². The zero-order chi connectivity index (χ0) is 17.3. The lowest BCUT2D eigenvalue weighted by molar-refractivity contribution is -0.122. The van der Waals surface area contributed by atoms with E-state index in [4.69, 9.17) is 13.8 Å². The Kier molecular flexibility index (Phi) is 7.74. The molecule has 8 nitrogen and oxygen atoms in total. The second-order valence-corrected chi connectivity index (χ2v) is 6.87. The number of rotatable bonds is 8. The van der Waals surface area contributed by atoms with Crippen molar-refractivity contribution in [3.05, 3.63) is 35.9 Å². The third kappa shape index (κ3) is 6.81. The van der Waals surface area contributed by atoms with E-state index in [1.807, 2.05) is 30.3 Å². The van der Waals surface area contributed by atoms with Crippen molar-refractivity contribution in [1.82, 2.24) is 10.6 Å². The monoisotopic (exact) mass is 344 g/mol. The van der Waals surface area contributed by atoms with E-state index in [1.165, 1.54) is 21.1 Å². The molecule has 0 spiro atoms. The van der Waals surface area contributed by atoms with Crippen LogP contribution in [0, 0.1) is 0 Å². The highest BCUT2D eigenvalue weighted by Gasteiger charge is 2.24. The van der Waals surface area contributed by atoms with Crippen molar-refractivity contribution >= 4 is 19.6 Å². The molecule has 1 aromatic carbocycles. The molecule has 1 rings (SSSR count). The maximum absolute atomic E-state index is 11.8. The van der Waals surface area contributed by atoms with Gasteiger partial charge in [-0.05, 0) is 12.5 Å². The van der Waals surface area contributed by atoms with Crippen molar-refractivity contribution in [1.29, 1.82) is 0 Å². The number of carbonyl (C=O) groups excluding carboxylic acids is 2. The third-order valence-corrected chi connectivity index (χ3v) is 4.60. The van der Waals surface area contributed by atoms with Gasteiger partial charge in [0.1, 0.15) is 18.9 Å². The van der Waals surface area contributed by atoms with Gasteiger partial charge in [0.25, 0.3) is 0 Å². The minimum Gasteiger partial charge on any atom is -0.445 e. The molecule has 0 saturated carbocycles. The first kappa shape index (κ1) is 19.2. The minimum absolute atomic E-state index is 0.101. The van der Waals surface area contributed by atoms with Gasteiger partial charge >= 0.3 is 13.7 Å². The summed E-state index contributed by atoms with van der Waals surface area (Å²) in [6, 6.07) is 8.29. The van der Waals surface area contributed by atoms with E-state index < -0.39 is 25.6 Å². The molecule has 0 aliphatic rings. The number of hydrogen-bond donors (Lipinski definition) is 2. The van der Waals surface area contributed by atoms with E-state index in [0.29, 0.717) is 0 Å². The average Bonchev–Trinajstić information content (AvgIpc) is 2.58. The molecule has 23 heavy (non-hydrogen) atoms. The van der Waals surface area contributed by atoms with E-state index in [0.717, 1.165) is 5.56 Å². The predicted molar refractivity (Wildman–Crippen MR) is 83.9 cm³/mol. The Morgan fingerprint density at radius 1 is 1.17 bits per heavy atom. The van der Waals surface area contributed by atoms with Crippen LogP contribution in [0.5, 0.6) is 0 Å². The first-order valence-corrected chi connectivity index (χ1v) is 8.58. The van der Waals surface area contributed by atoms with Crippen molar-refractivity contribution in [3.63, 3.8) is 0 Å².